The zero-order valence-corrected chi connectivity index (χ0v) is 22.9. The molecule has 2 aliphatic heterocycles. The number of nitrogens with zero attached hydrogens (tertiary/aromatic N) is 4. The third kappa shape index (κ3) is 6.81. The van der Waals surface area contributed by atoms with Crippen molar-refractivity contribution in [1.82, 2.24) is 20.5 Å². The summed E-state index contributed by atoms with van der Waals surface area (Å²) in [5, 5.41) is 13.6. The number of amides is 4. The number of benzene rings is 1. The van der Waals surface area contributed by atoms with Crippen molar-refractivity contribution in [2.45, 2.75) is 32.9 Å². The Kier molecular flexibility index (Phi) is 8.59. The number of aromatic nitrogens is 1. The number of hydrogen-bond donors (Lipinski definition) is 3. The van der Waals surface area contributed by atoms with E-state index in [0.29, 0.717) is 5.56 Å². The van der Waals surface area contributed by atoms with Crippen LogP contribution in [0.1, 0.15) is 31.1 Å². The molecule has 220 valence electrons. The molecule has 1 aromatic carbocycles. The molecule has 41 heavy (non-hydrogen) atoms. The van der Waals surface area contributed by atoms with Crippen LogP contribution < -0.4 is 20.4 Å². The number of piperazine rings is 1. The molecule has 1 aromatic heterocycles. The first kappa shape index (κ1) is 29.5. The van der Waals surface area contributed by atoms with Gasteiger partial charge < -0.3 is 30.3 Å². The lowest BCUT2D eigenvalue weighted by Crippen LogP contribution is -2.58. The summed E-state index contributed by atoms with van der Waals surface area (Å²) in [5.74, 6) is -2.52. The number of nitrogens with one attached hydrogen (secondary N) is 2. The van der Waals surface area contributed by atoms with Crippen LogP contribution in [0.25, 0.3) is 0 Å². The Morgan fingerprint density at radius 2 is 1.80 bits per heavy atom. The predicted molar refractivity (Wildman–Crippen MR) is 144 cm³/mol. The quantitative estimate of drug-likeness (QED) is 0.458. The number of halogens is 2. The molecule has 2 saturated heterocycles. The smallest absolute Gasteiger partial charge is 0.414 e. The summed E-state index contributed by atoms with van der Waals surface area (Å²) in [4.78, 5) is 57.1. The molecule has 4 amide bonds. The van der Waals surface area contributed by atoms with Crippen LogP contribution >= 0.6 is 0 Å². The summed E-state index contributed by atoms with van der Waals surface area (Å²) in [7, 11) is 0. The van der Waals surface area contributed by atoms with Crippen molar-refractivity contribution in [2.75, 3.05) is 49.1 Å². The molecule has 0 unspecified atom stereocenters. The van der Waals surface area contributed by atoms with E-state index >= 15 is 8.78 Å². The molecule has 2 aliphatic rings. The van der Waals surface area contributed by atoms with E-state index < -0.39 is 47.3 Å². The van der Waals surface area contributed by atoms with Gasteiger partial charge >= 0.3 is 12.2 Å². The fourth-order valence-corrected chi connectivity index (χ4v) is 4.74. The molecule has 3 N–H and O–H groups in total. The third-order valence-corrected chi connectivity index (χ3v) is 6.89. The van der Waals surface area contributed by atoms with E-state index in [1.54, 1.807) is 23.2 Å². The number of anilines is 2. The average Bonchev–Trinajstić information content (AvgIpc) is 3.30. The topological polar surface area (TPSA) is 144 Å². The maximum atomic E-state index is 15.2. The monoisotopic (exact) mass is 574 g/mol. The van der Waals surface area contributed by atoms with Gasteiger partial charge in [0.1, 0.15) is 17.8 Å². The van der Waals surface area contributed by atoms with Crippen LogP contribution in [0.15, 0.2) is 36.7 Å². The van der Waals surface area contributed by atoms with E-state index in [2.05, 4.69) is 15.6 Å². The molecular weight excluding hydrogens is 542 g/mol. The van der Waals surface area contributed by atoms with Crippen LogP contribution in [0.2, 0.25) is 0 Å². The van der Waals surface area contributed by atoms with Gasteiger partial charge in [0.15, 0.2) is 11.6 Å². The van der Waals surface area contributed by atoms with Gasteiger partial charge in [-0.1, -0.05) is 20.8 Å². The predicted octanol–water partition coefficient (Wildman–Crippen LogP) is 2.45. The Bertz CT molecular complexity index is 1290. The summed E-state index contributed by atoms with van der Waals surface area (Å²) in [6.07, 6.45) is 0.0198. The van der Waals surface area contributed by atoms with Gasteiger partial charge in [0.2, 0.25) is 5.91 Å². The molecule has 2 atom stereocenters. The largest absolute Gasteiger partial charge is 0.465 e. The second kappa shape index (κ2) is 11.9. The van der Waals surface area contributed by atoms with E-state index in [0.717, 1.165) is 17.0 Å². The number of carbonyl (C=O) groups excluding carboxylic acids is 3. The Morgan fingerprint density at radius 1 is 1.15 bits per heavy atom. The van der Waals surface area contributed by atoms with Crippen LogP contribution in [-0.2, 0) is 9.53 Å². The lowest BCUT2D eigenvalue weighted by Gasteiger charge is -2.40. The van der Waals surface area contributed by atoms with Crippen molar-refractivity contribution >= 4 is 35.4 Å². The van der Waals surface area contributed by atoms with Crippen LogP contribution in [0.4, 0.5) is 29.7 Å². The van der Waals surface area contributed by atoms with E-state index in [-0.39, 0.29) is 56.6 Å². The highest BCUT2D eigenvalue weighted by molar-refractivity contribution is 5.97. The van der Waals surface area contributed by atoms with Crippen molar-refractivity contribution in [2.24, 2.45) is 5.41 Å². The van der Waals surface area contributed by atoms with Gasteiger partial charge in [0.05, 0.1) is 24.3 Å². The molecule has 0 bridgehead atoms. The van der Waals surface area contributed by atoms with Crippen LogP contribution in [0.5, 0.6) is 0 Å². The summed E-state index contributed by atoms with van der Waals surface area (Å²) in [6, 6.07) is 4.42. The van der Waals surface area contributed by atoms with Gasteiger partial charge in [-0.15, -0.1) is 0 Å². The maximum Gasteiger partial charge on any atom is 0.414 e. The SMILES string of the molecule is CC(C)(C)[C@H](NC(=O)c1cccnc1)C(=O)N1CCN(c2c(F)cc(N3C[C@H](CNC(=O)O)OC3=O)cc2F)CC1. The molecule has 0 radical (unpaired) electrons. The number of hydrogen-bond acceptors (Lipinski definition) is 7. The van der Waals surface area contributed by atoms with Gasteiger partial charge in [-0.25, -0.2) is 18.4 Å². The van der Waals surface area contributed by atoms with E-state index in [9.17, 15) is 19.2 Å². The normalized spacial score (nSPS) is 18.1. The molecule has 0 spiro atoms. The Balaban J connectivity index is 1.41. The van der Waals surface area contributed by atoms with Gasteiger partial charge in [-0.2, -0.15) is 0 Å². The summed E-state index contributed by atoms with van der Waals surface area (Å²) < 4.78 is 35.4. The minimum Gasteiger partial charge on any atom is -0.465 e. The van der Waals surface area contributed by atoms with E-state index in [1.807, 2.05) is 20.8 Å². The van der Waals surface area contributed by atoms with Crippen LogP contribution in [-0.4, -0.2) is 90.4 Å². The first-order chi connectivity index (χ1) is 19.3. The molecule has 2 fully saturated rings. The number of pyridine rings is 1. The van der Waals surface area contributed by atoms with Crippen LogP contribution in [0, 0.1) is 17.0 Å². The van der Waals surface area contributed by atoms with Gasteiger partial charge in [-0.3, -0.25) is 19.5 Å². The standard InChI is InChI=1S/C27H32F2N6O6/c1-27(2,3)22(32-23(36)16-5-4-6-30-13-16)24(37)34-9-7-33(8-10-34)21-19(28)11-17(12-20(21)29)35-15-18(41-26(35)40)14-31-25(38)39/h4-6,11-13,18,22,31H,7-10,14-15H2,1-3H3,(H,32,36)(H,38,39)/t18-,22+/m0/s1. The Hall–Kier alpha value is -4.49. The molecule has 3 heterocycles. The molecular formula is C27H32F2N6O6. The maximum absolute atomic E-state index is 15.2. The number of carbonyl (C=O) groups is 4. The van der Waals surface area contributed by atoms with Crippen molar-refractivity contribution in [3.8, 4) is 0 Å². The fraction of sp³-hybridized carbons (Fsp3) is 0.444. The van der Waals surface area contributed by atoms with Crippen molar-refractivity contribution in [3.05, 3.63) is 53.9 Å². The van der Waals surface area contributed by atoms with E-state index in [1.165, 1.54) is 11.1 Å². The minimum absolute atomic E-state index is 0.0576. The number of cyclic esters (lactones) is 1. The lowest BCUT2D eigenvalue weighted by atomic mass is 9.85. The minimum atomic E-state index is -1.29. The number of ether oxygens (including phenoxy) is 1. The summed E-state index contributed by atoms with van der Waals surface area (Å²) in [5.41, 5.74) is -0.629. The molecule has 2 aromatic rings. The molecule has 12 nitrogen and oxygen atoms in total. The number of rotatable bonds is 7. The van der Waals surface area contributed by atoms with Gasteiger partial charge in [-0.05, 0) is 17.5 Å². The Labute approximate surface area is 235 Å². The van der Waals surface area contributed by atoms with Crippen molar-refractivity contribution in [1.29, 1.82) is 0 Å². The van der Waals surface area contributed by atoms with Gasteiger partial charge in [0.25, 0.3) is 5.91 Å². The molecule has 14 heteroatoms. The summed E-state index contributed by atoms with van der Waals surface area (Å²) in [6.45, 7) is 5.89. The highest BCUT2D eigenvalue weighted by Crippen LogP contribution is 2.32. The average molecular weight is 575 g/mol. The first-order valence-electron chi connectivity index (χ1n) is 13.0. The van der Waals surface area contributed by atoms with Crippen molar-refractivity contribution in [3.63, 3.8) is 0 Å². The molecule has 4 rings (SSSR count). The first-order valence-corrected chi connectivity index (χ1v) is 13.0. The molecule has 0 saturated carbocycles. The van der Waals surface area contributed by atoms with Crippen molar-refractivity contribution < 1.29 is 37.8 Å². The highest BCUT2D eigenvalue weighted by Gasteiger charge is 2.38. The fourth-order valence-electron chi connectivity index (χ4n) is 4.74. The zero-order chi connectivity index (χ0) is 29.9. The molecule has 0 aliphatic carbocycles. The highest BCUT2D eigenvalue weighted by atomic mass is 19.1. The van der Waals surface area contributed by atoms with E-state index in [4.69, 9.17) is 9.84 Å². The Morgan fingerprint density at radius 3 is 2.37 bits per heavy atom. The second-order valence-electron chi connectivity index (χ2n) is 10.9. The zero-order valence-electron chi connectivity index (χ0n) is 22.9. The third-order valence-electron chi connectivity index (χ3n) is 6.89. The second-order valence-corrected chi connectivity index (χ2v) is 10.9. The van der Waals surface area contributed by atoms with Crippen LogP contribution in [0.3, 0.4) is 0 Å². The van der Waals surface area contributed by atoms with Gasteiger partial charge in [0, 0.05) is 50.7 Å². The summed E-state index contributed by atoms with van der Waals surface area (Å²) >= 11 is 0. The lowest BCUT2D eigenvalue weighted by molar-refractivity contribution is -0.136. The number of carboxylic acid groups (broad SMARTS) is 1.